The van der Waals surface area contributed by atoms with Gasteiger partial charge in [-0.05, 0) is 23.8 Å². The van der Waals surface area contributed by atoms with E-state index in [-0.39, 0.29) is 12.0 Å². The molecule has 2 aromatic rings. The molecule has 0 saturated carbocycles. The molecule has 26 heavy (non-hydrogen) atoms. The second-order valence-electron chi connectivity index (χ2n) is 5.97. The van der Waals surface area contributed by atoms with Crippen LogP contribution >= 0.6 is 22.9 Å². The number of amidine groups is 1. The van der Waals surface area contributed by atoms with Crippen LogP contribution < -0.4 is 10.8 Å². The van der Waals surface area contributed by atoms with Gasteiger partial charge >= 0.3 is 0 Å². The average Bonchev–Trinajstić information content (AvgIpc) is 3.28. The third-order valence-corrected chi connectivity index (χ3v) is 5.08. The number of rotatable bonds is 5. The topological polar surface area (TPSA) is 77.5 Å². The van der Waals surface area contributed by atoms with Gasteiger partial charge in [0.15, 0.2) is 0 Å². The predicted molar refractivity (Wildman–Crippen MR) is 105 cm³/mol. The van der Waals surface area contributed by atoms with Crippen LogP contribution in [0.15, 0.2) is 42.5 Å². The van der Waals surface area contributed by atoms with Crippen molar-refractivity contribution in [3.05, 3.63) is 62.8 Å². The summed E-state index contributed by atoms with van der Waals surface area (Å²) in [5.74, 6) is 0.286. The summed E-state index contributed by atoms with van der Waals surface area (Å²) >= 11 is 7.09. The number of halogens is 1. The Kier molecular flexibility index (Phi) is 5.61. The Morgan fingerprint density at radius 3 is 2.65 bits per heavy atom. The van der Waals surface area contributed by atoms with E-state index < -0.39 is 0 Å². The Morgan fingerprint density at radius 1 is 1.31 bits per heavy atom. The Balaban J connectivity index is 1.59. The smallest absolute Gasteiger partial charge is 0.261 e. The normalized spacial score (nSPS) is 16.0. The van der Waals surface area contributed by atoms with Gasteiger partial charge in [-0.2, -0.15) is 0 Å². The molecule has 8 heteroatoms. The highest BCUT2D eigenvalue weighted by molar-refractivity contribution is 7.17. The molecule has 1 aromatic heterocycles. The molecular weight excluding hydrogens is 372 g/mol. The van der Waals surface area contributed by atoms with Crippen molar-refractivity contribution in [3.63, 3.8) is 0 Å². The van der Waals surface area contributed by atoms with E-state index in [0.717, 1.165) is 16.8 Å². The maximum atomic E-state index is 12.0. The fourth-order valence-corrected chi connectivity index (χ4v) is 3.39. The number of benzene rings is 1. The Bertz CT molecular complexity index is 845. The molecule has 1 aliphatic rings. The molecule has 0 radical (unpaired) electrons. The molecule has 1 aromatic carbocycles. The van der Waals surface area contributed by atoms with Gasteiger partial charge in [0.1, 0.15) is 11.9 Å². The molecule has 1 aliphatic heterocycles. The average molecular weight is 391 g/mol. The van der Waals surface area contributed by atoms with E-state index in [9.17, 15) is 4.79 Å². The van der Waals surface area contributed by atoms with Gasteiger partial charge < -0.3 is 10.2 Å². The molecule has 0 aliphatic carbocycles. The van der Waals surface area contributed by atoms with E-state index >= 15 is 0 Å². The van der Waals surface area contributed by atoms with Gasteiger partial charge in [-0.15, -0.1) is 11.3 Å². The number of amides is 1. The monoisotopic (exact) mass is 390 g/mol. The van der Waals surface area contributed by atoms with Crippen LogP contribution in [-0.2, 0) is 4.84 Å². The van der Waals surface area contributed by atoms with Crippen LogP contribution in [0.5, 0.6) is 0 Å². The zero-order valence-electron chi connectivity index (χ0n) is 14.4. The lowest BCUT2D eigenvalue weighted by atomic mass is 10.1. The van der Waals surface area contributed by atoms with Crippen molar-refractivity contribution in [1.29, 1.82) is 5.41 Å². The van der Waals surface area contributed by atoms with Crippen molar-refractivity contribution in [2.45, 2.75) is 6.10 Å². The van der Waals surface area contributed by atoms with Gasteiger partial charge in [-0.3, -0.25) is 20.5 Å². The maximum Gasteiger partial charge on any atom is 0.261 e. The first-order chi connectivity index (χ1) is 12.4. The minimum atomic E-state index is -0.260. The number of nitrogens with zero attached hydrogens (tertiary/aromatic N) is 1. The van der Waals surface area contributed by atoms with Gasteiger partial charge in [-0.1, -0.05) is 35.9 Å². The zero-order chi connectivity index (χ0) is 18.7. The van der Waals surface area contributed by atoms with E-state index in [2.05, 4.69) is 10.8 Å². The van der Waals surface area contributed by atoms with Crippen molar-refractivity contribution in [3.8, 4) is 0 Å². The van der Waals surface area contributed by atoms with Gasteiger partial charge in [0.2, 0.25) is 0 Å². The quantitative estimate of drug-likeness (QED) is 0.542. The first-order valence-electron chi connectivity index (χ1n) is 7.98. The molecule has 6 nitrogen and oxygen atoms in total. The van der Waals surface area contributed by atoms with E-state index in [4.69, 9.17) is 21.8 Å². The maximum absolute atomic E-state index is 12.0. The van der Waals surface area contributed by atoms with Crippen LogP contribution in [0.25, 0.3) is 5.70 Å². The molecular formula is C18H19ClN4O2S. The number of carbonyl (C=O) groups is 1. The second-order valence-corrected chi connectivity index (χ2v) is 7.69. The van der Waals surface area contributed by atoms with Crippen LogP contribution in [0.3, 0.4) is 0 Å². The summed E-state index contributed by atoms with van der Waals surface area (Å²) in [4.78, 5) is 19.9. The molecule has 3 rings (SSSR count). The van der Waals surface area contributed by atoms with E-state index in [1.807, 2.05) is 44.4 Å². The molecule has 2 heterocycles. The number of nitrogens with one attached hydrogen (secondary N) is 3. The third-order valence-electron chi connectivity index (χ3n) is 3.85. The number of thiophene rings is 1. The van der Waals surface area contributed by atoms with Crippen LogP contribution in [0, 0.1) is 5.41 Å². The van der Waals surface area contributed by atoms with Crippen molar-refractivity contribution >= 4 is 40.4 Å². The fraction of sp³-hybridized carbons (Fsp3) is 0.222. The van der Waals surface area contributed by atoms with Crippen LogP contribution in [0.1, 0.15) is 20.8 Å². The summed E-state index contributed by atoms with van der Waals surface area (Å²) in [5.41, 5.74) is 5.53. The highest BCUT2D eigenvalue weighted by Gasteiger charge is 2.19. The van der Waals surface area contributed by atoms with Crippen LogP contribution in [0.2, 0.25) is 4.34 Å². The Labute approximate surface area is 160 Å². The summed E-state index contributed by atoms with van der Waals surface area (Å²) in [6, 6.07) is 11.1. The minimum absolute atomic E-state index is 0.168. The van der Waals surface area contributed by atoms with Crippen LogP contribution in [-0.4, -0.2) is 43.4 Å². The van der Waals surface area contributed by atoms with Gasteiger partial charge in [-0.25, -0.2) is 0 Å². The second kappa shape index (κ2) is 7.90. The molecule has 1 unspecified atom stereocenters. The summed E-state index contributed by atoms with van der Waals surface area (Å²) in [7, 11) is 3.68. The lowest BCUT2D eigenvalue weighted by Crippen LogP contribution is -2.31. The van der Waals surface area contributed by atoms with Crippen molar-refractivity contribution in [2.75, 3.05) is 20.6 Å². The number of hydrogen-bond donors (Lipinski definition) is 3. The lowest BCUT2D eigenvalue weighted by Gasteiger charge is -2.14. The summed E-state index contributed by atoms with van der Waals surface area (Å²) < 4.78 is 0.585. The summed E-state index contributed by atoms with van der Waals surface area (Å²) in [5, 5.41) is 10.8. The highest BCUT2D eigenvalue weighted by Crippen LogP contribution is 2.22. The molecule has 0 saturated heterocycles. The largest absolute Gasteiger partial charge is 0.363 e. The molecule has 0 bridgehead atoms. The van der Waals surface area contributed by atoms with Crippen molar-refractivity contribution in [1.82, 2.24) is 15.7 Å². The Morgan fingerprint density at radius 2 is 2.04 bits per heavy atom. The highest BCUT2D eigenvalue weighted by atomic mass is 35.5. The molecule has 0 spiro atoms. The number of hydrogen-bond acceptors (Lipinski definition) is 5. The number of carbonyl (C=O) groups excluding carboxylic acids is 1. The molecule has 0 fully saturated rings. The summed E-state index contributed by atoms with van der Waals surface area (Å²) in [6.45, 7) is 0.355. The minimum Gasteiger partial charge on any atom is -0.363 e. The SMILES string of the molecule is CN(C)C(=N)c1ccc(C2=CC(CNC(=O)c3ccc(Cl)s3)ON2)cc1. The molecule has 136 valence electrons. The van der Waals surface area contributed by atoms with E-state index in [0.29, 0.717) is 21.6 Å². The van der Waals surface area contributed by atoms with Gasteiger partial charge in [0, 0.05) is 19.7 Å². The predicted octanol–water partition coefficient (Wildman–Crippen LogP) is 2.96. The van der Waals surface area contributed by atoms with Crippen molar-refractivity contribution < 1.29 is 9.63 Å². The van der Waals surface area contributed by atoms with E-state index in [1.54, 1.807) is 17.0 Å². The summed E-state index contributed by atoms with van der Waals surface area (Å²) in [6.07, 6.45) is 1.66. The fourth-order valence-electron chi connectivity index (χ4n) is 2.43. The molecule has 3 N–H and O–H groups in total. The van der Waals surface area contributed by atoms with Gasteiger partial charge in [0.25, 0.3) is 5.91 Å². The van der Waals surface area contributed by atoms with Gasteiger partial charge in [0.05, 0.1) is 21.5 Å². The zero-order valence-corrected chi connectivity index (χ0v) is 15.9. The first-order valence-corrected chi connectivity index (χ1v) is 9.17. The number of hydroxylamine groups is 1. The Hall–Kier alpha value is -2.35. The van der Waals surface area contributed by atoms with Crippen LogP contribution in [0.4, 0.5) is 0 Å². The molecule has 1 amide bonds. The third kappa shape index (κ3) is 4.24. The van der Waals surface area contributed by atoms with E-state index in [1.165, 1.54) is 11.3 Å². The molecule has 1 atom stereocenters. The van der Waals surface area contributed by atoms with Crippen molar-refractivity contribution in [2.24, 2.45) is 0 Å². The lowest BCUT2D eigenvalue weighted by molar-refractivity contribution is 0.0499. The first kappa shape index (κ1) is 18.4. The standard InChI is InChI=1S/C18H19ClN4O2S/c1-23(2)17(20)12-5-3-11(4-6-12)14-9-13(25-22-14)10-21-18(24)15-7-8-16(19)26-15/h3-9,13,20,22H,10H2,1-2H3,(H,21,24).